The zero-order valence-electron chi connectivity index (χ0n) is 6.78. The minimum atomic E-state index is -1.01. The van der Waals surface area contributed by atoms with Crippen molar-refractivity contribution >= 4 is 5.97 Å². The van der Waals surface area contributed by atoms with E-state index in [1.165, 1.54) is 6.26 Å². The van der Waals surface area contributed by atoms with E-state index in [4.69, 9.17) is 15.3 Å². The van der Waals surface area contributed by atoms with E-state index in [1.54, 1.807) is 6.07 Å². The molecule has 4 nitrogen and oxygen atoms in total. The van der Waals surface area contributed by atoms with E-state index in [1.807, 2.05) is 6.92 Å². The Bertz CT molecular complexity index is 280. The number of hydrogen-bond acceptors (Lipinski definition) is 3. The molecule has 0 aliphatic heterocycles. The quantitative estimate of drug-likeness (QED) is 0.692. The highest BCUT2D eigenvalue weighted by molar-refractivity contribution is 5.73. The minimum Gasteiger partial charge on any atom is -0.480 e. The monoisotopic (exact) mass is 169 g/mol. The molecule has 0 bridgehead atoms. The summed E-state index contributed by atoms with van der Waals surface area (Å²) in [6.45, 7) is 1.85. The summed E-state index contributed by atoms with van der Waals surface area (Å²) >= 11 is 0. The summed E-state index contributed by atoms with van der Waals surface area (Å²) in [5.74, 6) is -0.365. The zero-order valence-corrected chi connectivity index (χ0v) is 6.78. The third-order valence-electron chi connectivity index (χ3n) is 1.69. The molecule has 1 rings (SSSR count). The molecule has 1 aromatic heterocycles. The van der Waals surface area contributed by atoms with Gasteiger partial charge in [0.05, 0.1) is 6.26 Å². The molecule has 4 heteroatoms. The second-order valence-corrected chi connectivity index (χ2v) is 2.68. The maximum atomic E-state index is 10.4. The molecule has 0 amide bonds. The smallest absolute Gasteiger partial charge is 0.320 e. The second-order valence-electron chi connectivity index (χ2n) is 2.68. The number of nitrogens with two attached hydrogens (primary N) is 1. The molecule has 1 unspecified atom stereocenters. The van der Waals surface area contributed by atoms with Gasteiger partial charge < -0.3 is 15.3 Å². The fraction of sp³-hybridized carbons (Fsp3) is 0.375. The van der Waals surface area contributed by atoms with Crippen LogP contribution in [0.5, 0.6) is 0 Å². The number of carbonyl (C=O) groups is 1. The van der Waals surface area contributed by atoms with Crippen LogP contribution in [0.1, 0.15) is 11.3 Å². The third kappa shape index (κ3) is 1.85. The Morgan fingerprint density at radius 1 is 1.83 bits per heavy atom. The number of furan rings is 1. The molecule has 0 saturated carbocycles. The average molecular weight is 169 g/mol. The predicted octanol–water partition coefficient (Wildman–Crippen LogP) is 0.542. The number of carboxylic acid groups (broad SMARTS) is 1. The number of carboxylic acids is 1. The molecule has 1 atom stereocenters. The first-order valence-electron chi connectivity index (χ1n) is 3.62. The third-order valence-corrected chi connectivity index (χ3v) is 1.69. The van der Waals surface area contributed by atoms with Crippen molar-refractivity contribution in [3.05, 3.63) is 23.7 Å². The number of aliphatic carboxylic acids is 1. The van der Waals surface area contributed by atoms with Crippen LogP contribution < -0.4 is 5.73 Å². The Morgan fingerprint density at radius 3 is 2.92 bits per heavy atom. The highest BCUT2D eigenvalue weighted by Gasteiger charge is 2.14. The van der Waals surface area contributed by atoms with Crippen LogP contribution in [0.3, 0.4) is 0 Å². The summed E-state index contributed by atoms with van der Waals surface area (Å²) in [6, 6.07) is 0.902. The van der Waals surface area contributed by atoms with E-state index in [9.17, 15) is 4.79 Å². The molecule has 0 spiro atoms. The predicted molar refractivity (Wildman–Crippen MR) is 42.8 cm³/mol. The SMILES string of the molecule is Cc1ccoc1CC(N)C(=O)O. The molecule has 0 radical (unpaired) electrons. The van der Waals surface area contributed by atoms with Gasteiger partial charge in [-0.1, -0.05) is 0 Å². The standard InChI is InChI=1S/C8H11NO3/c1-5-2-3-12-7(5)4-6(9)8(10)11/h2-3,6H,4,9H2,1H3,(H,10,11). The Labute approximate surface area is 70.0 Å². The van der Waals surface area contributed by atoms with Crippen molar-refractivity contribution in [2.75, 3.05) is 0 Å². The summed E-state index contributed by atoms with van der Waals surface area (Å²) in [4.78, 5) is 10.4. The van der Waals surface area contributed by atoms with E-state index in [2.05, 4.69) is 0 Å². The summed E-state index contributed by atoms with van der Waals surface area (Å²) in [5, 5.41) is 8.51. The van der Waals surface area contributed by atoms with Crippen LogP contribution in [0.25, 0.3) is 0 Å². The average Bonchev–Trinajstić information content (AvgIpc) is 2.36. The largest absolute Gasteiger partial charge is 0.480 e. The van der Waals surface area contributed by atoms with Crippen LogP contribution >= 0.6 is 0 Å². The Morgan fingerprint density at radius 2 is 2.50 bits per heavy atom. The first kappa shape index (κ1) is 8.80. The van der Waals surface area contributed by atoms with Gasteiger partial charge in [0.1, 0.15) is 11.8 Å². The Balaban J connectivity index is 2.64. The van der Waals surface area contributed by atoms with Crippen LogP contribution in [0.15, 0.2) is 16.7 Å². The summed E-state index contributed by atoms with van der Waals surface area (Å²) in [6.07, 6.45) is 1.77. The molecule has 12 heavy (non-hydrogen) atoms. The zero-order chi connectivity index (χ0) is 9.14. The van der Waals surface area contributed by atoms with Gasteiger partial charge in [-0.05, 0) is 18.6 Å². The molecule has 1 heterocycles. The number of hydrogen-bond donors (Lipinski definition) is 2. The summed E-state index contributed by atoms with van der Waals surface area (Å²) in [7, 11) is 0. The van der Waals surface area contributed by atoms with Crippen LogP contribution in [-0.4, -0.2) is 17.1 Å². The summed E-state index contributed by atoms with van der Waals surface area (Å²) in [5.41, 5.74) is 6.25. The normalized spacial score (nSPS) is 12.8. The van der Waals surface area contributed by atoms with Crippen molar-refractivity contribution in [2.24, 2.45) is 5.73 Å². The second kappa shape index (κ2) is 3.40. The molecule has 66 valence electrons. The van der Waals surface area contributed by atoms with Gasteiger partial charge in [-0.2, -0.15) is 0 Å². The maximum absolute atomic E-state index is 10.4. The lowest BCUT2D eigenvalue weighted by Crippen LogP contribution is -2.32. The van der Waals surface area contributed by atoms with Crippen LogP contribution in [0.2, 0.25) is 0 Å². The maximum Gasteiger partial charge on any atom is 0.320 e. The minimum absolute atomic E-state index is 0.244. The first-order valence-corrected chi connectivity index (χ1v) is 3.62. The molecule has 0 aliphatic rings. The van der Waals surface area contributed by atoms with Crippen molar-refractivity contribution in [3.63, 3.8) is 0 Å². The van der Waals surface area contributed by atoms with Gasteiger partial charge in [-0.15, -0.1) is 0 Å². The van der Waals surface area contributed by atoms with E-state index in [0.29, 0.717) is 5.76 Å². The van der Waals surface area contributed by atoms with Crippen LogP contribution in [0.4, 0.5) is 0 Å². The van der Waals surface area contributed by atoms with Crippen molar-refractivity contribution in [1.82, 2.24) is 0 Å². The lowest BCUT2D eigenvalue weighted by Gasteiger charge is -2.03. The Hall–Kier alpha value is -1.29. The molecule has 0 aliphatic carbocycles. The van der Waals surface area contributed by atoms with Crippen molar-refractivity contribution < 1.29 is 14.3 Å². The number of rotatable bonds is 3. The van der Waals surface area contributed by atoms with Gasteiger partial charge in [0, 0.05) is 6.42 Å². The molecule has 0 aromatic carbocycles. The fourth-order valence-electron chi connectivity index (χ4n) is 0.900. The van der Waals surface area contributed by atoms with Gasteiger partial charge in [0.15, 0.2) is 0 Å². The molecule has 0 saturated heterocycles. The van der Waals surface area contributed by atoms with Crippen LogP contribution in [-0.2, 0) is 11.2 Å². The van der Waals surface area contributed by atoms with E-state index < -0.39 is 12.0 Å². The lowest BCUT2D eigenvalue weighted by molar-refractivity contribution is -0.138. The van der Waals surface area contributed by atoms with Gasteiger partial charge in [-0.25, -0.2) is 0 Å². The summed E-state index contributed by atoms with van der Waals surface area (Å²) < 4.78 is 5.04. The van der Waals surface area contributed by atoms with E-state index in [-0.39, 0.29) is 6.42 Å². The van der Waals surface area contributed by atoms with E-state index >= 15 is 0 Å². The molecular formula is C8H11NO3. The van der Waals surface area contributed by atoms with Gasteiger partial charge >= 0.3 is 5.97 Å². The van der Waals surface area contributed by atoms with Gasteiger partial charge in [0.2, 0.25) is 0 Å². The van der Waals surface area contributed by atoms with Crippen molar-refractivity contribution in [3.8, 4) is 0 Å². The Kier molecular flexibility index (Phi) is 2.50. The highest BCUT2D eigenvalue weighted by Crippen LogP contribution is 2.10. The fourth-order valence-corrected chi connectivity index (χ4v) is 0.900. The first-order chi connectivity index (χ1) is 5.61. The molecule has 0 fully saturated rings. The van der Waals surface area contributed by atoms with E-state index in [0.717, 1.165) is 5.56 Å². The molecule has 3 N–H and O–H groups in total. The number of aryl methyl sites for hydroxylation is 1. The van der Waals surface area contributed by atoms with Crippen LogP contribution in [0, 0.1) is 6.92 Å². The van der Waals surface area contributed by atoms with Gasteiger partial charge in [-0.3, -0.25) is 4.79 Å². The molecular weight excluding hydrogens is 158 g/mol. The van der Waals surface area contributed by atoms with Crippen molar-refractivity contribution in [1.29, 1.82) is 0 Å². The van der Waals surface area contributed by atoms with Crippen molar-refractivity contribution in [2.45, 2.75) is 19.4 Å². The highest BCUT2D eigenvalue weighted by atomic mass is 16.4. The lowest BCUT2D eigenvalue weighted by atomic mass is 10.1. The topological polar surface area (TPSA) is 76.5 Å². The van der Waals surface area contributed by atoms with Gasteiger partial charge in [0.25, 0.3) is 0 Å². The molecule has 1 aromatic rings.